The molecule has 0 aliphatic heterocycles. The van der Waals surface area contributed by atoms with Crippen molar-refractivity contribution in [1.29, 1.82) is 0 Å². The van der Waals surface area contributed by atoms with Gasteiger partial charge in [0.1, 0.15) is 0 Å². The maximum atomic E-state index is 11.5. The summed E-state index contributed by atoms with van der Waals surface area (Å²) in [6.45, 7) is 2.45. The SMILES string of the molecule is COC(=O)CCC(=O)NCc1cc(Br)ccc1C. The smallest absolute Gasteiger partial charge is 0.306 e. The van der Waals surface area contributed by atoms with Crippen molar-refractivity contribution in [3.05, 3.63) is 33.8 Å². The maximum absolute atomic E-state index is 11.5. The van der Waals surface area contributed by atoms with E-state index in [0.717, 1.165) is 15.6 Å². The van der Waals surface area contributed by atoms with Crippen molar-refractivity contribution in [2.24, 2.45) is 0 Å². The van der Waals surface area contributed by atoms with Crippen LogP contribution in [-0.4, -0.2) is 19.0 Å². The van der Waals surface area contributed by atoms with Gasteiger partial charge in [0.25, 0.3) is 0 Å². The van der Waals surface area contributed by atoms with Gasteiger partial charge in [-0.1, -0.05) is 22.0 Å². The first-order valence-electron chi connectivity index (χ1n) is 5.61. The monoisotopic (exact) mass is 313 g/mol. The normalized spacial score (nSPS) is 9.94. The third kappa shape index (κ3) is 4.87. The fraction of sp³-hybridized carbons (Fsp3) is 0.385. The van der Waals surface area contributed by atoms with Crippen molar-refractivity contribution in [1.82, 2.24) is 5.32 Å². The highest BCUT2D eigenvalue weighted by Gasteiger charge is 2.07. The minimum atomic E-state index is -0.371. The molecule has 5 heteroatoms. The molecule has 18 heavy (non-hydrogen) atoms. The van der Waals surface area contributed by atoms with Crippen molar-refractivity contribution >= 4 is 27.8 Å². The number of ether oxygens (including phenoxy) is 1. The Kier molecular flexibility index (Phi) is 5.85. The van der Waals surface area contributed by atoms with Gasteiger partial charge in [0.2, 0.25) is 5.91 Å². The van der Waals surface area contributed by atoms with Crippen molar-refractivity contribution in [3.63, 3.8) is 0 Å². The number of nitrogens with one attached hydrogen (secondary N) is 1. The molecule has 98 valence electrons. The van der Waals surface area contributed by atoms with Gasteiger partial charge >= 0.3 is 5.97 Å². The van der Waals surface area contributed by atoms with Crippen LogP contribution >= 0.6 is 15.9 Å². The molecule has 0 spiro atoms. The summed E-state index contributed by atoms with van der Waals surface area (Å²) in [5.41, 5.74) is 2.17. The number of esters is 1. The van der Waals surface area contributed by atoms with Gasteiger partial charge in [-0.25, -0.2) is 0 Å². The summed E-state index contributed by atoms with van der Waals surface area (Å²) in [4.78, 5) is 22.4. The lowest BCUT2D eigenvalue weighted by molar-refractivity contribution is -0.142. The zero-order chi connectivity index (χ0) is 13.5. The summed E-state index contributed by atoms with van der Waals surface area (Å²) in [5.74, 6) is -0.524. The van der Waals surface area contributed by atoms with Crippen LogP contribution in [0.15, 0.2) is 22.7 Å². The van der Waals surface area contributed by atoms with E-state index in [-0.39, 0.29) is 24.7 Å². The highest BCUT2D eigenvalue weighted by molar-refractivity contribution is 9.10. The van der Waals surface area contributed by atoms with E-state index in [1.54, 1.807) is 0 Å². The van der Waals surface area contributed by atoms with Gasteiger partial charge < -0.3 is 10.1 Å². The predicted molar refractivity (Wildman–Crippen MR) is 72.0 cm³/mol. The quantitative estimate of drug-likeness (QED) is 0.849. The standard InChI is InChI=1S/C13H16BrNO3/c1-9-3-4-11(14)7-10(9)8-15-12(16)5-6-13(17)18-2/h3-4,7H,5-6,8H2,1-2H3,(H,15,16). The Balaban J connectivity index is 2.42. The first-order valence-corrected chi connectivity index (χ1v) is 6.40. The lowest BCUT2D eigenvalue weighted by Gasteiger charge is -2.08. The van der Waals surface area contributed by atoms with E-state index >= 15 is 0 Å². The number of carbonyl (C=O) groups excluding carboxylic acids is 2. The summed E-state index contributed by atoms with van der Waals surface area (Å²) in [5, 5.41) is 2.78. The molecule has 1 N–H and O–H groups in total. The van der Waals surface area contributed by atoms with Gasteiger partial charge in [-0.3, -0.25) is 9.59 Å². The molecule has 0 aliphatic rings. The van der Waals surface area contributed by atoms with E-state index in [4.69, 9.17) is 0 Å². The van der Waals surface area contributed by atoms with Crippen LogP contribution in [0.4, 0.5) is 0 Å². The van der Waals surface area contributed by atoms with Gasteiger partial charge in [0.15, 0.2) is 0 Å². The predicted octanol–water partition coefficient (Wildman–Crippen LogP) is 2.33. The topological polar surface area (TPSA) is 55.4 Å². The summed E-state index contributed by atoms with van der Waals surface area (Å²) in [7, 11) is 1.31. The molecular formula is C13H16BrNO3. The van der Waals surface area contributed by atoms with Crippen LogP contribution in [0.5, 0.6) is 0 Å². The Bertz CT molecular complexity index is 446. The van der Waals surface area contributed by atoms with Crippen LogP contribution in [0.1, 0.15) is 24.0 Å². The number of halogens is 1. The molecule has 0 fully saturated rings. The van der Waals surface area contributed by atoms with E-state index in [2.05, 4.69) is 26.0 Å². The van der Waals surface area contributed by atoms with Crippen LogP contribution in [-0.2, 0) is 20.9 Å². The van der Waals surface area contributed by atoms with Crippen molar-refractivity contribution in [2.45, 2.75) is 26.3 Å². The molecule has 4 nitrogen and oxygen atoms in total. The highest BCUT2D eigenvalue weighted by atomic mass is 79.9. The molecule has 0 bridgehead atoms. The molecule has 1 rings (SSSR count). The third-order valence-corrected chi connectivity index (χ3v) is 3.06. The molecule has 0 unspecified atom stereocenters. The van der Waals surface area contributed by atoms with E-state index in [1.165, 1.54) is 7.11 Å². The number of hydrogen-bond acceptors (Lipinski definition) is 3. The van der Waals surface area contributed by atoms with Crippen LogP contribution in [0, 0.1) is 6.92 Å². The number of carbonyl (C=O) groups is 2. The van der Waals surface area contributed by atoms with Gasteiger partial charge in [-0.05, 0) is 30.2 Å². The number of aryl methyl sites for hydroxylation is 1. The van der Waals surface area contributed by atoms with Gasteiger partial charge in [0.05, 0.1) is 13.5 Å². The number of rotatable bonds is 5. The average molecular weight is 314 g/mol. The van der Waals surface area contributed by atoms with Gasteiger partial charge in [-0.15, -0.1) is 0 Å². The van der Waals surface area contributed by atoms with Crippen molar-refractivity contribution in [3.8, 4) is 0 Å². The Morgan fingerprint density at radius 3 is 2.72 bits per heavy atom. The zero-order valence-corrected chi connectivity index (χ0v) is 12.0. The Labute approximate surface area is 115 Å². The zero-order valence-electron chi connectivity index (χ0n) is 10.5. The Hall–Kier alpha value is -1.36. The molecule has 1 aromatic carbocycles. The highest BCUT2D eigenvalue weighted by Crippen LogP contribution is 2.15. The molecule has 0 atom stereocenters. The van der Waals surface area contributed by atoms with Crippen molar-refractivity contribution < 1.29 is 14.3 Å². The minimum absolute atomic E-state index is 0.111. The molecule has 1 aromatic rings. The molecule has 0 aromatic heterocycles. The van der Waals surface area contributed by atoms with Crippen LogP contribution in [0.2, 0.25) is 0 Å². The molecule has 0 saturated carbocycles. The fourth-order valence-electron chi connectivity index (χ4n) is 1.43. The Morgan fingerprint density at radius 2 is 2.06 bits per heavy atom. The van der Waals surface area contributed by atoms with Gasteiger partial charge in [0, 0.05) is 17.4 Å². The van der Waals surface area contributed by atoms with E-state index < -0.39 is 0 Å². The fourth-order valence-corrected chi connectivity index (χ4v) is 1.84. The molecule has 0 heterocycles. The number of methoxy groups -OCH3 is 1. The number of benzene rings is 1. The molecule has 0 saturated heterocycles. The van der Waals surface area contributed by atoms with E-state index in [9.17, 15) is 9.59 Å². The van der Waals surface area contributed by atoms with Crippen LogP contribution in [0.3, 0.4) is 0 Å². The largest absolute Gasteiger partial charge is 0.469 e. The van der Waals surface area contributed by atoms with Crippen LogP contribution < -0.4 is 5.32 Å². The van der Waals surface area contributed by atoms with E-state index in [0.29, 0.717) is 6.54 Å². The third-order valence-electron chi connectivity index (χ3n) is 2.57. The number of hydrogen-bond donors (Lipinski definition) is 1. The second-order valence-corrected chi connectivity index (χ2v) is 4.84. The minimum Gasteiger partial charge on any atom is -0.469 e. The average Bonchev–Trinajstić information content (AvgIpc) is 2.36. The first kappa shape index (κ1) is 14.7. The maximum Gasteiger partial charge on any atom is 0.306 e. The summed E-state index contributed by atoms with van der Waals surface area (Å²) in [6.07, 6.45) is 0.263. The van der Waals surface area contributed by atoms with Crippen LogP contribution in [0.25, 0.3) is 0 Å². The first-order chi connectivity index (χ1) is 8.52. The second-order valence-electron chi connectivity index (χ2n) is 3.92. The second kappa shape index (κ2) is 7.16. The number of amides is 1. The molecule has 1 amide bonds. The lowest BCUT2D eigenvalue weighted by atomic mass is 10.1. The lowest BCUT2D eigenvalue weighted by Crippen LogP contribution is -2.23. The molecular weight excluding hydrogens is 298 g/mol. The summed E-state index contributed by atoms with van der Waals surface area (Å²) >= 11 is 3.39. The summed E-state index contributed by atoms with van der Waals surface area (Å²) in [6, 6.07) is 5.91. The van der Waals surface area contributed by atoms with Gasteiger partial charge in [-0.2, -0.15) is 0 Å². The Morgan fingerprint density at radius 1 is 1.33 bits per heavy atom. The summed E-state index contributed by atoms with van der Waals surface area (Å²) < 4.78 is 5.45. The van der Waals surface area contributed by atoms with E-state index in [1.807, 2.05) is 25.1 Å². The van der Waals surface area contributed by atoms with Crippen molar-refractivity contribution in [2.75, 3.05) is 7.11 Å². The molecule has 0 radical (unpaired) electrons. The molecule has 0 aliphatic carbocycles.